The molecule has 2 N–H and O–H groups in total. The Labute approximate surface area is 197 Å². The van der Waals surface area contributed by atoms with Crippen LogP contribution in [0.4, 0.5) is 0 Å². The largest absolute Gasteiger partial charge is 0.443 e. The molecule has 2 saturated heterocycles. The van der Waals surface area contributed by atoms with Crippen molar-refractivity contribution in [1.29, 1.82) is 0 Å². The molecule has 0 saturated carbocycles. The van der Waals surface area contributed by atoms with E-state index in [1.54, 1.807) is 6.20 Å². The van der Waals surface area contributed by atoms with E-state index in [9.17, 15) is 0 Å². The number of nitrogens with one attached hydrogen (secondary N) is 2. The number of nitrogens with zero attached hydrogens (tertiary/aromatic N) is 3. The molecule has 2 aliphatic heterocycles. The lowest BCUT2D eigenvalue weighted by Crippen LogP contribution is -2.53. The van der Waals surface area contributed by atoms with Crippen molar-refractivity contribution in [2.75, 3.05) is 52.6 Å². The van der Waals surface area contributed by atoms with E-state index in [4.69, 9.17) is 13.9 Å². The molecule has 1 aromatic rings. The molecule has 2 aliphatic rings. The van der Waals surface area contributed by atoms with Gasteiger partial charge in [-0.25, -0.2) is 9.98 Å². The van der Waals surface area contributed by atoms with Gasteiger partial charge >= 0.3 is 0 Å². The van der Waals surface area contributed by atoms with Crippen LogP contribution in [-0.2, 0) is 21.4 Å². The van der Waals surface area contributed by atoms with Crippen molar-refractivity contribution in [3.05, 3.63) is 17.8 Å². The molecule has 0 aliphatic carbocycles. The molecular weight excluding hydrogens is 497 g/mol. The molecule has 2 atom stereocenters. The Balaban J connectivity index is 0.00000320. The molecule has 0 bridgehead atoms. The summed E-state index contributed by atoms with van der Waals surface area (Å²) < 4.78 is 17.1. The number of hydrogen-bond donors (Lipinski definition) is 2. The summed E-state index contributed by atoms with van der Waals surface area (Å²) >= 11 is 0. The molecule has 0 amide bonds. The highest BCUT2D eigenvalue weighted by Crippen LogP contribution is 2.23. The second-order valence-corrected chi connectivity index (χ2v) is 8.78. The van der Waals surface area contributed by atoms with Crippen LogP contribution in [0.2, 0.25) is 0 Å². The van der Waals surface area contributed by atoms with Crippen LogP contribution in [-0.4, -0.2) is 74.5 Å². The van der Waals surface area contributed by atoms with Crippen LogP contribution < -0.4 is 10.6 Å². The Morgan fingerprint density at radius 3 is 2.60 bits per heavy atom. The van der Waals surface area contributed by atoms with Gasteiger partial charge in [-0.3, -0.25) is 4.90 Å². The normalized spacial score (nSPS) is 21.9. The third-order valence-electron chi connectivity index (χ3n) is 5.51. The topological polar surface area (TPSA) is 84.2 Å². The number of rotatable bonds is 7. The summed E-state index contributed by atoms with van der Waals surface area (Å²) in [7, 11) is 0. The molecule has 0 spiro atoms. The number of guanidine groups is 1. The first kappa shape index (κ1) is 25.4. The highest BCUT2D eigenvalue weighted by atomic mass is 127. The van der Waals surface area contributed by atoms with Crippen LogP contribution in [0.25, 0.3) is 0 Å². The summed E-state index contributed by atoms with van der Waals surface area (Å²) in [5.41, 5.74) is -0.0492. The summed E-state index contributed by atoms with van der Waals surface area (Å²) in [6.07, 6.45) is 2.92. The molecule has 0 radical (unpaired) electrons. The quantitative estimate of drug-likeness (QED) is 0.315. The van der Waals surface area contributed by atoms with Gasteiger partial charge in [-0.05, 0) is 13.3 Å². The fourth-order valence-electron chi connectivity index (χ4n) is 3.78. The predicted molar refractivity (Wildman–Crippen MR) is 129 cm³/mol. The molecular formula is C21H38IN5O3. The first-order valence-corrected chi connectivity index (χ1v) is 10.8. The molecule has 2 fully saturated rings. The fraction of sp³-hybridized carbons (Fsp3) is 0.810. The maximum absolute atomic E-state index is 5.87. The van der Waals surface area contributed by atoms with E-state index >= 15 is 0 Å². The van der Waals surface area contributed by atoms with E-state index < -0.39 is 0 Å². The van der Waals surface area contributed by atoms with E-state index in [0.29, 0.717) is 24.4 Å². The minimum absolute atomic E-state index is 0. The number of morpholine rings is 1. The Morgan fingerprint density at radius 1 is 1.23 bits per heavy atom. The second-order valence-electron chi connectivity index (χ2n) is 8.78. The van der Waals surface area contributed by atoms with Crippen molar-refractivity contribution < 1.29 is 13.9 Å². The molecule has 1 aromatic heterocycles. The Bertz CT molecular complexity index is 649. The van der Waals surface area contributed by atoms with Gasteiger partial charge in [-0.15, -0.1) is 24.0 Å². The molecule has 9 heteroatoms. The van der Waals surface area contributed by atoms with Crippen molar-refractivity contribution in [3.8, 4) is 0 Å². The molecule has 3 heterocycles. The Hall–Kier alpha value is -0.910. The monoisotopic (exact) mass is 535 g/mol. The minimum Gasteiger partial charge on any atom is -0.443 e. The average molecular weight is 535 g/mol. The SMILES string of the molecule is CCNC(=NCc1ncc(C(C)(C)C)o1)NCC(C1CCOC1)N1CCOCC1.I. The van der Waals surface area contributed by atoms with Gasteiger partial charge in [0.05, 0.1) is 26.0 Å². The number of oxazole rings is 1. The second kappa shape index (κ2) is 12.2. The third kappa shape index (κ3) is 7.35. The molecule has 8 nitrogen and oxygen atoms in total. The van der Waals surface area contributed by atoms with Crippen LogP contribution >= 0.6 is 24.0 Å². The van der Waals surface area contributed by atoms with Crippen molar-refractivity contribution in [1.82, 2.24) is 20.5 Å². The maximum Gasteiger partial charge on any atom is 0.216 e. The van der Waals surface area contributed by atoms with Gasteiger partial charge in [0.25, 0.3) is 0 Å². The van der Waals surface area contributed by atoms with Crippen LogP contribution in [0.3, 0.4) is 0 Å². The zero-order chi connectivity index (χ0) is 20.7. The number of aromatic nitrogens is 1. The molecule has 0 aromatic carbocycles. The highest BCUT2D eigenvalue weighted by molar-refractivity contribution is 14.0. The lowest BCUT2D eigenvalue weighted by atomic mass is 9.94. The average Bonchev–Trinajstić information content (AvgIpc) is 3.39. The zero-order valence-electron chi connectivity index (χ0n) is 18.8. The highest BCUT2D eigenvalue weighted by Gasteiger charge is 2.31. The third-order valence-corrected chi connectivity index (χ3v) is 5.51. The Morgan fingerprint density at radius 2 is 2.00 bits per heavy atom. The summed E-state index contributed by atoms with van der Waals surface area (Å²) in [5.74, 6) is 2.86. The van der Waals surface area contributed by atoms with Crippen LogP contribution in [0.15, 0.2) is 15.6 Å². The van der Waals surface area contributed by atoms with Gasteiger partial charge in [0.2, 0.25) is 5.89 Å². The summed E-state index contributed by atoms with van der Waals surface area (Å²) in [4.78, 5) is 11.6. The first-order valence-electron chi connectivity index (χ1n) is 10.8. The maximum atomic E-state index is 5.87. The van der Waals surface area contributed by atoms with E-state index in [2.05, 4.69) is 53.2 Å². The van der Waals surface area contributed by atoms with Gasteiger partial charge in [0, 0.05) is 50.2 Å². The van der Waals surface area contributed by atoms with Crippen molar-refractivity contribution in [3.63, 3.8) is 0 Å². The molecule has 172 valence electrons. The summed E-state index contributed by atoms with van der Waals surface area (Å²) in [5, 5.41) is 6.87. The van der Waals surface area contributed by atoms with Crippen LogP contribution in [0, 0.1) is 5.92 Å². The molecule has 30 heavy (non-hydrogen) atoms. The smallest absolute Gasteiger partial charge is 0.216 e. The molecule has 2 unspecified atom stereocenters. The summed E-state index contributed by atoms with van der Waals surface area (Å²) in [6, 6.07) is 0.416. The van der Waals surface area contributed by atoms with E-state index in [1.807, 2.05) is 0 Å². The minimum atomic E-state index is -0.0492. The van der Waals surface area contributed by atoms with Crippen molar-refractivity contribution >= 4 is 29.9 Å². The van der Waals surface area contributed by atoms with E-state index in [1.165, 1.54) is 0 Å². The first-order chi connectivity index (χ1) is 14.0. The number of halogens is 1. The fourth-order valence-corrected chi connectivity index (χ4v) is 3.78. The van der Waals surface area contributed by atoms with E-state index in [0.717, 1.165) is 70.7 Å². The lowest BCUT2D eigenvalue weighted by Gasteiger charge is -2.37. The van der Waals surface area contributed by atoms with Gasteiger partial charge in [-0.1, -0.05) is 20.8 Å². The van der Waals surface area contributed by atoms with Crippen molar-refractivity contribution in [2.45, 2.75) is 52.1 Å². The number of hydrogen-bond acceptors (Lipinski definition) is 6. The van der Waals surface area contributed by atoms with Gasteiger partial charge < -0.3 is 24.5 Å². The number of ether oxygens (including phenoxy) is 2. The van der Waals surface area contributed by atoms with Crippen LogP contribution in [0.5, 0.6) is 0 Å². The van der Waals surface area contributed by atoms with Gasteiger partial charge in [0.1, 0.15) is 12.3 Å². The van der Waals surface area contributed by atoms with Crippen molar-refractivity contribution in [2.24, 2.45) is 10.9 Å². The Kier molecular flexibility index (Phi) is 10.3. The predicted octanol–water partition coefficient (Wildman–Crippen LogP) is 2.38. The standard InChI is InChI=1S/C21H37N5O3.HI/c1-5-22-20(25-14-19-23-13-18(29-19)21(2,3)4)24-12-17(16-6-9-28-15-16)26-7-10-27-11-8-26;/h13,16-17H,5-12,14-15H2,1-4H3,(H2,22,24,25);1H. The zero-order valence-corrected chi connectivity index (χ0v) is 21.1. The number of aliphatic imine (C=N–C) groups is 1. The van der Waals surface area contributed by atoms with E-state index in [-0.39, 0.29) is 29.4 Å². The molecule has 3 rings (SSSR count). The lowest BCUT2D eigenvalue weighted by molar-refractivity contribution is 0.00246. The van der Waals surface area contributed by atoms with Gasteiger partial charge in [-0.2, -0.15) is 0 Å². The van der Waals surface area contributed by atoms with Crippen LogP contribution in [0.1, 0.15) is 45.8 Å². The summed E-state index contributed by atoms with van der Waals surface area (Å²) in [6.45, 7) is 15.7. The van der Waals surface area contributed by atoms with Gasteiger partial charge in [0.15, 0.2) is 5.96 Å².